The molecule has 7 nitrogen and oxygen atoms in total. The van der Waals surface area contributed by atoms with Crippen molar-refractivity contribution in [3.63, 3.8) is 0 Å². The lowest BCUT2D eigenvalue weighted by Gasteiger charge is -2.31. The van der Waals surface area contributed by atoms with E-state index in [1.807, 2.05) is 42.2 Å². The molecule has 0 bridgehead atoms. The van der Waals surface area contributed by atoms with E-state index in [2.05, 4.69) is 15.2 Å². The molecule has 2 aliphatic rings. The number of hydrogen-bond acceptors (Lipinski definition) is 6. The summed E-state index contributed by atoms with van der Waals surface area (Å²) in [5, 5.41) is 3.94. The van der Waals surface area contributed by atoms with Crippen LogP contribution in [0.4, 0.5) is 0 Å². The third-order valence-corrected chi connectivity index (χ3v) is 7.44. The predicted octanol–water partition coefficient (Wildman–Crippen LogP) is 2.81. The molecule has 172 valence electrons. The molecule has 0 spiro atoms. The number of aromatic nitrogens is 1. The molecule has 2 aliphatic heterocycles. The molecule has 0 aliphatic carbocycles. The maximum absolute atomic E-state index is 13.1. The zero-order valence-corrected chi connectivity index (χ0v) is 19.5. The average Bonchev–Trinajstić information content (AvgIpc) is 3.22. The second-order valence-electron chi connectivity index (χ2n) is 8.54. The van der Waals surface area contributed by atoms with Crippen molar-refractivity contribution in [1.82, 2.24) is 20.1 Å². The molecule has 0 saturated carbocycles. The number of benzene rings is 1. The van der Waals surface area contributed by atoms with Crippen molar-refractivity contribution in [2.24, 2.45) is 5.92 Å². The van der Waals surface area contributed by atoms with E-state index in [0.717, 1.165) is 66.8 Å². The highest BCUT2D eigenvalue weighted by Crippen LogP contribution is 2.30. The molecule has 4 rings (SSSR count). The van der Waals surface area contributed by atoms with Gasteiger partial charge in [0.25, 0.3) is 5.91 Å². The summed E-state index contributed by atoms with van der Waals surface area (Å²) in [6.45, 7) is 8.30. The Labute approximate surface area is 193 Å². The number of morpholine rings is 1. The normalized spacial score (nSPS) is 18.0. The predicted molar refractivity (Wildman–Crippen MR) is 126 cm³/mol. The van der Waals surface area contributed by atoms with Gasteiger partial charge in [-0.05, 0) is 25.7 Å². The van der Waals surface area contributed by atoms with Gasteiger partial charge in [-0.15, -0.1) is 11.3 Å². The summed E-state index contributed by atoms with van der Waals surface area (Å²) in [4.78, 5) is 35.0. The van der Waals surface area contributed by atoms with Crippen LogP contribution in [0.5, 0.6) is 0 Å². The third kappa shape index (κ3) is 5.94. The maximum Gasteiger partial charge on any atom is 0.265 e. The molecule has 32 heavy (non-hydrogen) atoms. The smallest absolute Gasteiger partial charge is 0.265 e. The first-order valence-electron chi connectivity index (χ1n) is 11.5. The summed E-state index contributed by atoms with van der Waals surface area (Å²) in [5.74, 6) is 0.523. The van der Waals surface area contributed by atoms with Crippen LogP contribution in [-0.2, 0) is 9.53 Å². The number of thiazole rings is 1. The number of rotatable bonds is 7. The second kappa shape index (κ2) is 11.0. The Hall–Kier alpha value is -2.29. The van der Waals surface area contributed by atoms with Crippen molar-refractivity contribution in [2.45, 2.75) is 26.2 Å². The number of carbonyl (C=O) groups is 2. The number of hydrogen-bond donors (Lipinski definition) is 1. The van der Waals surface area contributed by atoms with Gasteiger partial charge in [-0.1, -0.05) is 30.3 Å². The molecular formula is C24H32N4O3S. The number of nitrogens with one attached hydrogen (secondary N) is 1. The number of ether oxygens (including phenoxy) is 1. The van der Waals surface area contributed by atoms with Crippen LogP contribution in [0.25, 0.3) is 10.6 Å². The largest absolute Gasteiger partial charge is 0.379 e. The van der Waals surface area contributed by atoms with Gasteiger partial charge in [0.1, 0.15) is 9.88 Å². The lowest BCUT2D eigenvalue weighted by atomic mass is 9.93. The van der Waals surface area contributed by atoms with Gasteiger partial charge in [0.2, 0.25) is 5.91 Å². The molecule has 2 fully saturated rings. The van der Waals surface area contributed by atoms with Crippen molar-refractivity contribution in [3.05, 3.63) is 40.9 Å². The first-order chi connectivity index (χ1) is 15.6. The molecule has 0 atom stereocenters. The van der Waals surface area contributed by atoms with E-state index in [-0.39, 0.29) is 11.8 Å². The molecule has 1 aromatic carbocycles. The van der Waals surface area contributed by atoms with Crippen LogP contribution in [0, 0.1) is 12.8 Å². The van der Waals surface area contributed by atoms with Crippen molar-refractivity contribution >= 4 is 23.2 Å². The zero-order valence-electron chi connectivity index (χ0n) is 18.7. The van der Waals surface area contributed by atoms with Gasteiger partial charge in [-0.3, -0.25) is 14.5 Å². The molecule has 0 radical (unpaired) electrons. The van der Waals surface area contributed by atoms with Gasteiger partial charge in [0.05, 0.1) is 18.9 Å². The van der Waals surface area contributed by atoms with E-state index in [0.29, 0.717) is 32.0 Å². The Morgan fingerprint density at radius 1 is 1.12 bits per heavy atom. The van der Waals surface area contributed by atoms with Crippen LogP contribution in [0.2, 0.25) is 0 Å². The van der Waals surface area contributed by atoms with Crippen LogP contribution < -0.4 is 5.32 Å². The summed E-state index contributed by atoms with van der Waals surface area (Å²) in [6, 6.07) is 9.98. The molecule has 1 N–H and O–H groups in total. The minimum absolute atomic E-state index is 0.0654. The van der Waals surface area contributed by atoms with Gasteiger partial charge < -0.3 is 15.0 Å². The van der Waals surface area contributed by atoms with E-state index >= 15 is 0 Å². The van der Waals surface area contributed by atoms with E-state index < -0.39 is 0 Å². The first kappa shape index (κ1) is 22.9. The number of nitrogens with zero attached hydrogens (tertiary/aromatic N) is 3. The standard InChI is InChI=1S/C24H32N4O3S/c1-18-22(32-23(26-18)20-5-3-2-4-6-20)24(30)28-10-7-19(8-11-28)17-21(29)25-9-12-27-13-15-31-16-14-27/h2-6,19H,7-17H2,1H3,(H,25,29). The monoisotopic (exact) mass is 456 g/mol. The Balaban J connectivity index is 1.22. The molecule has 1 aromatic heterocycles. The first-order valence-corrected chi connectivity index (χ1v) is 12.3. The minimum Gasteiger partial charge on any atom is -0.379 e. The highest BCUT2D eigenvalue weighted by molar-refractivity contribution is 7.17. The molecule has 2 amide bonds. The molecule has 3 heterocycles. The molecular weight excluding hydrogens is 424 g/mol. The number of amides is 2. The SMILES string of the molecule is Cc1nc(-c2ccccc2)sc1C(=O)N1CCC(CC(=O)NCCN2CCOCC2)CC1. The average molecular weight is 457 g/mol. The van der Waals surface area contributed by atoms with E-state index in [9.17, 15) is 9.59 Å². The van der Waals surface area contributed by atoms with Gasteiger partial charge in [-0.2, -0.15) is 0 Å². The number of aryl methyl sites for hydroxylation is 1. The highest BCUT2D eigenvalue weighted by atomic mass is 32.1. The van der Waals surface area contributed by atoms with Crippen molar-refractivity contribution in [1.29, 1.82) is 0 Å². The summed E-state index contributed by atoms with van der Waals surface area (Å²) in [5.41, 5.74) is 1.83. The fourth-order valence-corrected chi connectivity index (χ4v) is 5.34. The number of piperidine rings is 1. The van der Waals surface area contributed by atoms with Crippen LogP contribution >= 0.6 is 11.3 Å². The fraction of sp³-hybridized carbons (Fsp3) is 0.542. The Kier molecular flexibility index (Phi) is 7.89. The molecule has 2 saturated heterocycles. The topological polar surface area (TPSA) is 74.8 Å². The molecule has 2 aromatic rings. The summed E-state index contributed by atoms with van der Waals surface area (Å²) in [6.07, 6.45) is 2.28. The van der Waals surface area contributed by atoms with Gasteiger partial charge in [0.15, 0.2) is 0 Å². The summed E-state index contributed by atoms with van der Waals surface area (Å²) in [7, 11) is 0. The molecule has 0 unspecified atom stereocenters. The summed E-state index contributed by atoms with van der Waals surface area (Å²) >= 11 is 1.47. The Bertz CT molecular complexity index is 903. The number of carbonyl (C=O) groups excluding carboxylic acids is 2. The Morgan fingerprint density at radius 3 is 2.56 bits per heavy atom. The van der Waals surface area contributed by atoms with Crippen LogP contribution in [-0.4, -0.2) is 79.1 Å². The molecule has 8 heteroatoms. The lowest BCUT2D eigenvalue weighted by Crippen LogP contribution is -2.42. The second-order valence-corrected chi connectivity index (χ2v) is 9.54. The fourth-order valence-electron chi connectivity index (χ4n) is 4.30. The number of likely N-dealkylation sites (tertiary alicyclic amines) is 1. The van der Waals surface area contributed by atoms with Crippen molar-refractivity contribution in [2.75, 3.05) is 52.5 Å². The van der Waals surface area contributed by atoms with Crippen LogP contribution in [0.15, 0.2) is 30.3 Å². The van der Waals surface area contributed by atoms with Gasteiger partial charge >= 0.3 is 0 Å². The van der Waals surface area contributed by atoms with Gasteiger partial charge in [-0.25, -0.2) is 4.98 Å². The van der Waals surface area contributed by atoms with Crippen molar-refractivity contribution in [3.8, 4) is 10.6 Å². The maximum atomic E-state index is 13.1. The highest BCUT2D eigenvalue weighted by Gasteiger charge is 2.27. The van der Waals surface area contributed by atoms with Crippen LogP contribution in [0.3, 0.4) is 0 Å². The summed E-state index contributed by atoms with van der Waals surface area (Å²) < 4.78 is 5.35. The van der Waals surface area contributed by atoms with Crippen molar-refractivity contribution < 1.29 is 14.3 Å². The zero-order chi connectivity index (χ0) is 22.3. The van der Waals surface area contributed by atoms with Crippen LogP contribution in [0.1, 0.15) is 34.6 Å². The minimum atomic E-state index is 0.0654. The quantitative estimate of drug-likeness (QED) is 0.694. The van der Waals surface area contributed by atoms with E-state index in [4.69, 9.17) is 4.74 Å². The lowest BCUT2D eigenvalue weighted by molar-refractivity contribution is -0.122. The van der Waals surface area contributed by atoms with E-state index in [1.54, 1.807) is 0 Å². The Morgan fingerprint density at radius 2 is 1.84 bits per heavy atom. The third-order valence-electron chi connectivity index (χ3n) is 6.24. The van der Waals surface area contributed by atoms with E-state index in [1.165, 1.54) is 11.3 Å². The van der Waals surface area contributed by atoms with Gasteiger partial charge in [0, 0.05) is 51.3 Å².